The highest BCUT2D eigenvalue weighted by molar-refractivity contribution is 5.47. The van der Waals surface area contributed by atoms with Gasteiger partial charge in [-0.25, -0.2) is 0 Å². The third-order valence-electron chi connectivity index (χ3n) is 2.74. The molecule has 1 aliphatic carbocycles. The summed E-state index contributed by atoms with van der Waals surface area (Å²) in [5, 5.41) is 9.83. The zero-order chi connectivity index (χ0) is 10.1. The zero-order valence-corrected chi connectivity index (χ0v) is 8.23. The van der Waals surface area contributed by atoms with Gasteiger partial charge in [0.05, 0.1) is 7.11 Å². The number of phenolic OH excluding ortho intramolecular Hbond substituents is 1. The summed E-state index contributed by atoms with van der Waals surface area (Å²) in [6, 6.07) is 5.40. The summed E-state index contributed by atoms with van der Waals surface area (Å²) in [5.74, 6) is 1.22. The number of hydrogen-bond donors (Lipinski definition) is 2. The van der Waals surface area contributed by atoms with Crippen molar-refractivity contribution in [1.29, 1.82) is 0 Å². The molecule has 3 N–H and O–H groups in total. The van der Waals surface area contributed by atoms with E-state index >= 15 is 0 Å². The number of hydrogen-bond acceptors (Lipinski definition) is 3. The van der Waals surface area contributed by atoms with Crippen LogP contribution in [0, 0.1) is 5.92 Å². The second-order valence-corrected chi connectivity index (χ2v) is 3.76. The van der Waals surface area contributed by atoms with E-state index in [4.69, 9.17) is 10.5 Å². The summed E-state index contributed by atoms with van der Waals surface area (Å²) < 4.78 is 5.03. The highest BCUT2D eigenvalue weighted by Crippen LogP contribution is 2.43. The van der Waals surface area contributed by atoms with Gasteiger partial charge in [0.15, 0.2) is 11.5 Å². The maximum Gasteiger partial charge on any atom is 0.162 e. The van der Waals surface area contributed by atoms with E-state index < -0.39 is 0 Å². The van der Waals surface area contributed by atoms with Crippen LogP contribution in [0.15, 0.2) is 18.2 Å². The van der Waals surface area contributed by atoms with Gasteiger partial charge in [-0.05, 0) is 24.8 Å². The molecule has 14 heavy (non-hydrogen) atoms. The molecule has 1 aromatic rings. The topological polar surface area (TPSA) is 55.5 Å². The fourth-order valence-corrected chi connectivity index (χ4v) is 1.68. The van der Waals surface area contributed by atoms with Crippen LogP contribution in [0.4, 0.5) is 0 Å². The van der Waals surface area contributed by atoms with Gasteiger partial charge in [-0.3, -0.25) is 0 Å². The average Bonchev–Trinajstić information content (AvgIpc) is 3.00. The van der Waals surface area contributed by atoms with E-state index in [1.54, 1.807) is 13.2 Å². The lowest BCUT2D eigenvalue weighted by Gasteiger charge is -2.14. The summed E-state index contributed by atoms with van der Waals surface area (Å²) >= 11 is 0. The molecule has 2 rings (SSSR count). The molecule has 1 aliphatic rings. The number of phenols is 1. The number of ether oxygens (including phenoxy) is 1. The molecule has 0 aromatic heterocycles. The summed E-state index contributed by atoms with van der Waals surface area (Å²) in [6.45, 7) is 0. The number of methoxy groups -OCH3 is 1. The largest absolute Gasteiger partial charge is 0.504 e. The minimum atomic E-state index is -0.0508. The Kier molecular flexibility index (Phi) is 2.33. The third-order valence-corrected chi connectivity index (χ3v) is 2.74. The first-order chi connectivity index (χ1) is 6.74. The highest BCUT2D eigenvalue weighted by atomic mass is 16.5. The minimum Gasteiger partial charge on any atom is -0.504 e. The van der Waals surface area contributed by atoms with Gasteiger partial charge >= 0.3 is 0 Å². The lowest BCUT2D eigenvalue weighted by atomic mass is 10.0. The fourth-order valence-electron chi connectivity index (χ4n) is 1.68. The van der Waals surface area contributed by atoms with E-state index in [2.05, 4.69) is 0 Å². The Bertz CT molecular complexity index is 334. The van der Waals surface area contributed by atoms with E-state index in [9.17, 15) is 5.11 Å². The van der Waals surface area contributed by atoms with Crippen LogP contribution in [-0.2, 0) is 0 Å². The lowest BCUT2D eigenvalue weighted by Crippen LogP contribution is -2.12. The van der Waals surface area contributed by atoms with E-state index in [1.807, 2.05) is 12.1 Å². The van der Waals surface area contributed by atoms with Gasteiger partial charge in [0.1, 0.15) is 0 Å². The van der Waals surface area contributed by atoms with Crippen LogP contribution in [0.2, 0.25) is 0 Å². The van der Waals surface area contributed by atoms with Gasteiger partial charge in [0.25, 0.3) is 0 Å². The molecule has 3 nitrogen and oxygen atoms in total. The quantitative estimate of drug-likeness (QED) is 0.769. The van der Waals surface area contributed by atoms with Crippen molar-refractivity contribution in [2.24, 2.45) is 11.7 Å². The number of rotatable bonds is 3. The summed E-state index contributed by atoms with van der Waals surface area (Å²) in [7, 11) is 1.54. The van der Waals surface area contributed by atoms with E-state index in [0.29, 0.717) is 11.7 Å². The van der Waals surface area contributed by atoms with Gasteiger partial charge in [0.2, 0.25) is 0 Å². The molecule has 0 amide bonds. The maximum atomic E-state index is 9.83. The van der Waals surface area contributed by atoms with Crippen LogP contribution in [0.1, 0.15) is 24.4 Å². The van der Waals surface area contributed by atoms with E-state index in [-0.39, 0.29) is 11.8 Å². The predicted molar refractivity (Wildman–Crippen MR) is 54.3 cm³/mol. The number of benzene rings is 1. The molecule has 0 spiro atoms. The molecule has 1 aromatic carbocycles. The van der Waals surface area contributed by atoms with Crippen molar-refractivity contribution in [3.05, 3.63) is 23.8 Å². The fraction of sp³-hybridized carbons (Fsp3) is 0.455. The SMILES string of the molecule is COc1cccc(C(N)C2CC2)c1O. The maximum absolute atomic E-state index is 9.83. The first-order valence-electron chi connectivity index (χ1n) is 4.85. The van der Waals surface area contributed by atoms with Gasteiger partial charge in [-0.1, -0.05) is 12.1 Å². The van der Waals surface area contributed by atoms with Crippen LogP contribution < -0.4 is 10.5 Å². The van der Waals surface area contributed by atoms with Gasteiger partial charge < -0.3 is 15.6 Å². The summed E-state index contributed by atoms with van der Waals surface area (Å²) in [6.07, 6.45) is 2.33. The number of nitrogens with two attached hydrogens (primary N) is 1. The van der Waals surface area contributed by atoms with Gasteiger partial charge in [-0.2, -0.15) is 0 Å². The Labute approximate surface area is 83.5 Å². The van der Waals surface area contributed by atoms with Crippen molar-refractivity contribution in [2.45, 2.75) is 18.9 Å². The molecule has 0 bridgehead atoms. The van der Waals surface area contributed by atoms with E-state index in [0.717, 1.165) is 18.4 Å². The zero-order valence-electron chi connectivity index (χ0n) is 8.23. The Balaban J connectivity index is 2.31. The van der Waals surface area contributed by atoms with Crippen LogP contribution in [0.5, 0.6) is 11.5 Å². The molecule has 0 radical (unpaired) electrons. The standard InChI is InChI=1S/C11H15NO2/c1-14-9-4-2-3-8(11(9)13)10(12)7-5-6-7/h2-4,7,10,13H,5-6,12H2,1H3. The molecular formula is C11H15NO2. The summed E-state index contributed by atoms with van der Waals surface area (Å²) in [5.41, 5.74) is 6.81. The second kappa shape index (κ2) is 3.50. The van der Waals surface area contributed by atoms with Crippen molar-refractivity contribution < 1.29 is 9.84 Å². The van der Waals surface area contributed by atoms with Crippen molar-refractivity contribution in [2.75, 3.05) is 7.11 Å². The highest BCUT2D eigenvalue weighted by Gasteiger charge is 2.31. The molecule has 1 fully saturated rings. The van der Waals surface area contributed by atoms with Gasteiger partial charge in [-0.15, -0.1) is 0 Å². The Morgan fingerprint density at radius 2 is 2.21 bits per heavy atom. The molecular weight excluding hydrogens is 178 g/mol. The first-order valence-corrected chi connectivity index (χ1v) is 4.85. The normalized spacial score (nSPS) is 17.9. The van der Waals surface area contributed by atoms with Crippen LogP contribution in [-0.4, -0.2) is 12.2 Å². The Morgan fingerprint density at radius 1 is 1.50 bits per heavy atom. The van der Waals surface area contributed by atoms with Crippen LogP contribution >= 0.6 is 0 Å². The van der Waals surface area contributed by atoms with Crippen molar-refractivity contribution in [3.8, 4) is 11.5 Å². The number of aromatic hydroxyl groups is 1. The molecule has 0 saturated heterocycles. The molecule has 1 atom stereocenters. The molecule has 76 valence electrons. The Hall–Kier alpha value is -1.22. The molecule has 1 unspecified atom stereocenters. The summed E-state index contributed by atoms with van der Waals surface area (Å²) in [4.78, 5) is 0. The van der Waals surface area contributed by atoms with Crippen molar-refractivity contribution in [1.82, 2.24) is 0 Å². The molecule has 0 heterocycles. The monoisotopic (exact) mass is 193 g/mol. The third kappa shape index (κ3) is 1.55. The predicted octanol–water partition coefficient (Wildman–Crippen LogP) is 1.81. The van der Waals surface area contributed by atoms with Crippen LogP contribution in [0.3, 0.4) is 0 Å². The van der Waals surface area contributed by atoms with Crippen molar-refractivity contribution >= 4 is 0 Å². The lowest BCUT2D eigenvalue weighted by molar-refractivity contribution is 0.367. The average molecular weight is 193 g/mol. The van der Waals surface area contributed by atoms with Crippen LogP contribution in [0.25, 0.3) is 0 Å². The van der Waals surface area contributed by atoms with E-state index in [1.165, 1.54) is 0 Å². The number of para-hydroxylation sites is 1. The molecule has 0 aliphatic heterocycles. The Morgan fingerprint density at radius 3 is 2.79 bits per heavy atom. The van der Waals surface area contributed by atoms with Crippen molar-refractivity contribution in [3.63, 3.8) is 0 Å². The smallest absolute Gasteiger partial charge is 0.162 e. The molecule has 3 heteroatoms. The first kappa shape index (κ1) is 9.34. The van der Waals surface area contributed by atoms with Gasteiger partial charge in [0, 0.05) is 11.6 Å². The minimum absolute atomic E-state index is 0.0508. The second-order valence-electron chi connectivity index (χ2n) is 3.76. The molecule has 1 saturated carbocycles.